The lowest BCUT2D eigenvalue weighted by Gasteiger charge is -2.19. The van der Waals surface area contributed by atoms with Gasteiger partial charge in [-0.15, -0.1) is 0 Å². The first-order chi connectivity index (χ1) is 12.6. The van der Waals surface area contributed by atoms with E-state index in [2.05, 4.69) is 10.6 Å². The van der Waals surface area contributed by atoms with Crippen LogP contribution < -0.4 is 25.7 Å². The Morgan fingerprint density at radius 3 is 2.54 bits per heavy atom. The van der Waals surface area contributed by atoms with Crippen LogP contribution in [0.15, 0.2) is 53.5 Å². The number of benzene rings is 2. The highest BCUT2D eigenvalue weighted by molar-refractivity contribution is 6.05. The Balaban J connectivity index is 1.58. The van der Waals surface area contributed by atoms with Gasteiger partial charge in [0.15, 0.2) is 11.5 Å². The topological polar surface area (TPSA) is 81.6 Å². The summed E-state index contributed by atoms with van der Waals surface area (Å²) in [6.45, 7) is 0.993. The molecule has 2 amide bonds. The van der Waals surface area contributed by atoms with Crippen LogP contribution in [0.25, 0.3) is 10.8 Å². The second-order valence-electron chi connectivity index (χ2n) is 5.94. The van der Waals surface area contributed by atoms with E-state index in [1.165, 1.54) is 4.57 Å². The number of carbonyl (C=O) groups excluding carboxylic acids is 1. The van der Waals surface area contributed by atoms with Gasteiger partial charge in [0.05, 0.1) is 5.69 Å². The number of hydrogen-bond donors (Lipinski definition) is 2. The van der Waals surface area contributed by atoms with Crippen molar-refractivity contribution in [2.45, 2.75) is 0 Å². The molecule has 1 aromatic heterocycles. The molecular formula is C19H17N3O4. The number of urea groups is 1. The average molecular weight is 351 g/mol. The van der Waals surface area contributed by atoms with Crippen molar-refractivity contribution in [3.63, 3.8) is 0 Å². The molecule has 0 unspecified atom stereocenters. The normalized spacial score (nSPS) is 12.7. The van der Waals surface area contributed by atoms with E-state index in [-0.39, 0.29) is 5.56 Å². The van der Waals surface area contributed by atoms with Crippen molar-refractivity contribution in [3.8, 4) is 11.5 Å². The van der Waals surface area contributed by atoms with Crippen molar-refractivity contribution in [1.29, 1.82) is 0 Å². The molecule has 3 aromatic rings. The number of nitrogens with zero attached hydrogens (tertiary/aromatic N) is 1. The number of fused-ring (bicyclic) bond motifs is 2. The quantitative estimate of drug-likeness (QED) is 0.744. The van der Waals surface area contributed by atoms with Gasteiger partial charge < -0.3 is 24.7 Å². The van der Waals surface area contributed by atoms with Crippen LogP contribution in [-0.2, 0) is 7.05 Å². The molecule has 0 spiro atoms. The molecule has 0 saturated carbocycles. The molecule has 2 N–H and O–H groups in total. The SMILES string of the molecule is Cn1cc(NC(=O)Nc2ccc3c(c2)OCCO3)c2ccccc2c1=O. The number of rotatable bonds is 2. The Hall–Kier alpha value is -3.48. The third kappa shape index (κ3) is 2.95. The van der Waals surface area contributed by atoms with Crippen molar-refractivity contribution in [2.75, 3.05) is 23.8 Å². The summed E-state index contributed by atoms with van der Waals surface area (Å²) < 4.78 is 12.4. The first-order valence-corrected chi connectivity index (χ1v) is 8.18. The fourth-order valence-corrected chi connectivity index (χ4v) is 2.92. The van der Waals surface area contributed by atoms with Crippen molar-refractivity contribution in [1.82, 2.24) is 4.57 Å². The van der Waals surface area contributed by atoms with Gasteiger partial charge in [-0.2, -0.15) is 0 Å². The molecule has 0 fully saturated rings. The molecule has 0 radical (unpaired) electrons. The number of aromatic nitrogens is 1. The Morgan fingerprint density at radius 1 is 1.00 bits per heavy atom. The lowest BCUT2D eigenvalue weighted by Crippen LogP contribution is -2.23. The Labute approximate surface area is 149 Å². The smallest absolute Gasteiger partial charge is 0.323 e. The second kappa shape index (κ2) is 6.44. The van der Waals surface area contributed by atoms with Crippen LogP contribution in [0.1, 0.15) is 0 Å². The first kappa shape index (κ1) is 16.0. The third-order valence-corrected chi connectivity index (χ3v) is 4.14. The van der Waals surface area contributed by atoms with Crippen LogP contribution in [-0.4, -0.2) is 23.8 Å². The van der Waals surface area contributed by atoms with Gasteiger partial charge in [0.1, 0.15) is 13.2 Å². The largest absolute Gasteiger partial charge is 0.486 e. The van der Waals surface area contributed by atoms with Crippen molar-refractivity contribution in [3.05, 3.63) is 59.0 Å². The molecular weight excluding hydrogens is 334 g/mol. The van der Waals surface area contributed by atoms with E-state index in [0.29, 0.717) is 46.9 Å². The summed E-state index contributed by atoms with van der Waals surface area (Å²) in [6.07, 6.45) is 1.61. The molecule has 7 nitrogen and oxygen atoms in total. The van der Waals surface area contributed by atoms with Gasteiger partial charge in [-0.3, -0.25) is 4.79 Å². The Morgan fingerprint density at radius 2 is 1.73 bits per heavy atom. The molecule has 0 aliphatic carbocycles. The van der Waals surface area contributed by atoms with E-state index in [4.69, 9.17) is 9.47 Å². The Kier molecular flexibility index (Phi) is 3.96. The zero-order valence-corrected chi connectivity index (χ0v) is 14.1. The van der Waals surface area contributed by atoms with Crippen LogP contribution in [0.3, 0.4) is 0 Å². The highest BCUT2D eigenvalue weighted by atomic mass is 16.6. The molecule has 2 aromatic carbocycles. The highest BCUT2D eigenvalue weighted by Crippen LogP contribution is 2.32. The lowest BCUT2D eigenvalue weighted by molar-refractivity contribution is 0.171. The van der Waals surface area contributed by atoms with Gasteiger partial charge in [-0.05, 0) is 18.2 Å². The maximum atomic E-state index is 12.4. The zero-order valence-electron chi connectivity index (χ0n) is 14.1. The fourth-order valence-electron chi connectivity index (χ4n) is 2.92. The van der Waals surface area contributed by atoms with Crippen molar-refractivity contribution < 1.29 is 14.3 Å². The number of nitrogens with one attached hydrogen (secondary N) is 2. The van der Waals surface area contributed by atoms with Crippen LogP contribution in [0, 0.1) is 0 Å². The minimum atomic E-state index is -0.412. The average Bonchev–Trinajstić information content (AvgIpc) is 2.66. The maximum absolute atomic E-state index is 12.4. The monoisotopic (exact) mass is 351 g/mol. The zero-order chi connectivity index (χ0) is 18.1. The number of ether oxygens (including phenoxy) is 2. The predicted octanol–water partition coefficient (Wildman–Crippen LogP) is 2.95. The van der Waals surface area contributed by atoms with Gasteiger partial charge >= 0.3 is 6.03 Å². The van der Waals surface area contributed by atoms with Gasteiger partial charge in [0, 0.05) is 35.8 Å². The van der Waals surface area contributed by atoms with Gasteiger partial charge in [-0.25, -0.2) is 4.79 Å². The molecule has 4 rings (SSSR count). The standard InChI is InChI=1S/C19H17N3O4/c1-22-11-15(13-4-2-3-5-14(13)18(22)23)21-19(24)20-12-6-7-16-17(10-12)26-9-8-25-16/h2-7,10-11H,8-9H2,1H3,(H2,20,21,24). The van der Waals surface area contributed by atoms with Gasteiger partial charge in [0.25, 0.3) is 5.56 Å². The van der Waals surface area contributed by atoms with Gasteiger partial charge in [0.2, 0.25) is 0 Å². The first-order valence-electron chi connectivity index (χ1n) is 8.18. The molecule has 26 heavy (non-hydrogen) atoms. The predicted molar refractivity (Wildman–Crippen MR) is 99.3 cm³/mol. The lowest BCUT2D eigenvalue weighted by atomic mass is 10.1. The molecule has 0 atom stereocenters. The molecule has 2 heterocycles. The molecule has 0 saturated heterocycles. The van der Waals surface area contributed by atoms with Crippen molar-refractivity contribution in [2.24, 2.45) is 7.05 Å². The van der Waals surface area contributed by atoms with Crippen LogP contribution in [0.4, 0.5) is 16.2 Å². The summed E-state index contributed by atoms with van der Waals surface area (Å²) in [5, 5.41) is 6.80. The van der Waals surface area contributed by atoms with Gasteiger partial charge in [-0.1, -0.05) is 18.2 Å². The number of aryl methyl sites for hydroxylation is 1. The van der Waals surface area contributed by atoms with E-state index >= 15 is 0 Å². The summed E-state index contributed by atoms with van der Waals surface area (Å²) >= 11 is 0. The summed E-state index contributed by atoms with van der Waals surface area (Å²) in [4.78, 5) is 24.6. The minimum Gasteiger partial charge on any atom is -0.486 e. The Bertz CT molecular complexity index is 1060. The number of pyridine rings is 1. The third-order valence-electron chi connectivity index (χ3n) is 4.14. The summed E-state index contributed by atoms with van der Waals surface area (Å²) in [5.41, 5.74) is 1.03. The summed E-state index contributed by atoms with van der Waals surface area (Å²) in [7, 11) is 1.65. The molecule has 132 valence electrons. The molecule has 1 aliphatic rings. The number of anilines is 2. The van der Waals surface area contributed by atoms with E-state index in [0.717, 1.165) is 0 Å². The summed E-state index contributed by atoms with van der Waals surface area (Å²) in [5.74, 6) is 1.26. The van der Waals surface area contributed by atoms with Crippen LogP contribution in [0.2, 0.25) is 0 Å². The van der Waals surface area contributed by atoms with Crippen LogP contribution >= 0.6 is 0 Å². The number of carbonyl (C=O) groups is 1. The highest BCUT2D eigenvalue weighted by Gasteiger charge is 2.14. The van der Waals surface area contributed by atoms with Crippen LogP contribution in [0.5, 0.6) is 11.5 Å². The van der Waals surface area contributed by atoms with E-state index in [9.17, 15) is 9.59 Å². The molecule has 1 aliphatic heterocycles. The van der Waals surface area contributed by atoms with E-state index in [1.54, 1.807) is 49.6 Å². The minimum absolute atomic E-state index is 0.113. The molecule has 7 heteroatoms. The summed E-state index contributed by atoms with van der Waals surface area (Å²) in [6, 6.07) is 12.0. The number of hydrogen-bond acceptors (Lipinski definition) is 4. The van der Waals surface area contributed by atoms with E-state index in [1.807, 2.05) is 6.07 Å². The second-order valence-corrected chi connectivity index (χ2v) is 5.94. The maximum Gasteiger partial charge on any atom is 0.323 e. The fraction of sp³-hybridized carbons (Fsp3) is 0.158. The van der Waals surface area contributed by atoms with Crippen molar-refractivity contribution >= 4 is 28.2 Å². The molecule has 0 bridgehead atoms. The van der Waals surface area contributed by atoms with E-state index < -0.39 is 6.03 Å². The number of amides is 2.